The summed E-state index contributed by atoms with van der Waals surface area (Å²) in [5.74, 6) is 0. The van der Waals surface area contributed by atoms with E-state index in [0.29, 0.717) is 0 Å². The molecule has 0 fully saturated rings. The van der Waals surface area contributed by atoms with E-state index in [9.17, 15) is 0 Å². The zero-order valence-electron chi connectivity index (χ0n) is 31.6. The van der Waals surface area contributed by atoms with Gasteiger partial charge in [0.15, 0.2) is 0 Å². The summed E-state index contributed by atoms with van der Waals surface area (Å²) in [5, 5.41) is 17.7. The van der Waals surface area contributed by atoms with Crippen LogP contribution in [0.5, 0.6) is 0 Å². The number of hydrogen-bond donors (Lipinski definition) is 0. The summed E-state index contributed by atoms with van der Waals surface area (Å²) < 4.78 is 29.1. The highest BCUT2D eigenvalue weighted by atomic mass is 16.3. The van der Waals surface area contributed by atoms with Crippen LogP contribution >= 0.6 is 0 Å². The standard InChI is InChI=1S/C56H26O4/c1-7-17-37-27(11-1)31-19-9-21-41-43(31)47-49-45-33(29-13-3-5-15-35(29)53(49)57-41)23-25-39(51(45)59-55(37)47)40-26-24-34-30-14-4-6-16-36(30)54-50-46(34)52(40)60-56-38-18-8-2-12-28(38)32-20-10-22-42(58-54)44(32)48(50)56/h1-26H. The van der Waals surface area contributed by atoms with Crippen molar-refractivity contribution >= 4 is 131 Å². The van der Waals surface area contributed by atoms with Crippen LogP contribution in [0.25, 0.3) is 164 Å². The maximum Gasteiger partial charge on any atom is 0.144 e. The van der Waals surface area contributed by atoms with E-state index in [0.717, 1.165) is 164 Å². The van der Waals surface area contributed by atoms with Gasteiger partial charge in [0.25, 0.3) is 0 Å². The lowest BCUT2D eigenvalue weighted by molar-refractivity contribution is 0.649. The van der Waals surface area contributed by atoms with E-state index >= 15 is 0 Å². The molecular formula is C56H26O4. The van der Waals surface area contributed by atoms with Crippen molar-refractivity contribution in [1.29, 1.82) is 0 Å². The molecule has 12 aromatic rings. The second kappa shape index (κ2) is 10.1. The SMILES string of the molecule is c1ccc2c(c1)c1oc3c(-c4ccc5c6ccccc6c6oc7cccc8c9ccccc9c9oc4c5c6-c9c78)ccc4c5ccccc5c5oc6cccc2c6c1-c5c34. The van der Waals surface area contributed by atoms with Gasteiger partial charge in [0.2, 0.25) is 0 Å². The van der Waals surface area contributed by atoms with E-state index in [-0.39, 0.29) is 0 Å². The Morgan fingerprint density at radius 1 is 0.200 bits per heavy atom. The first-order valence-electron chi connectivity index (χ1n) is 20.5. The van der Waals surface area contributed by atoms with Gasteiger partial charge in [0.05, 0.1) is 0 Å². The molecule has 12 aromatic carbocycles. The highest BCUT2D eigenvalue weighted by Gasteiger charge is 2.33. The zero-order chi connectivity index (χ0) is 38.5. The molecular weight excluding hydrogens is 737 g/mol. The summed E-state index contributed by atoms with van der Waals surface area (Å²) in [5.41, 5.74) is 13.0. The molecule has 60 heavy (non-hydrogen) atoms. The monoisotopic (exact) mass is 762 g/mol. The Kier molecular flexibility index (Phi) is 5.08. The molecule has 274 valence electrons. The summed E-state index contributed by atoms with van der Waals surface area (Å²) in [4.78, 5) is 0. The van der Waals surface area contributed by atoms with Gasteiger partial charge in [-0.3, -0.25) is 0 Å². The second-order valence-electron chi connectivity index (χ2n) is 16.5. The highest BCUT2D eigenvalue weighted by Crippen LogP contribution is 2.57. The fraction of sp³-hybridized carbons (Fsp3) is 0. The maximum absolute atomic E-state index is 7.51. The highest BCUT2D eigenvalue weighted by molar-refractivity contribution is 6.39. The van der Waals surface area contributed by atoms with Crippen molar-refractivity contribution in [1.82, 2.24) is 0 Å². The van der Waals surface area contributed by atoms with Crippen molar-refractivity contribution in [2.45, 2.75) is 0 Å². The van der Waals surface area contributed by atoms with Gasteiger partial charge in [-0.2, -0.15) is 0 Å². The van der Waals surface area contributed by atoms with Crippen LogP contribution < -0.4 is 0 Å². The minimum Gasteiger partial charge on any atom is -0.455 e. The van der Waals surface area contributed by atoms with Gasteiger partial charge in [0.1, 0.15) is 44.7 Å². The average Bonchev–Trinajstić information content (AvgIpc) is 3.31. The van der Waals surface area contributed by atoms with Gasteiger partial charge in [0, 0.05) is 76.5 Å². The molecule has 0 atom stereocenters. The Morgan fingerprint density at radius 2 is 0.500 bits per heavy atom. The normalized spacial score (nSPS) is 13.0. The fourth-order valence-electron chi connectivity index (χ4n) is 11.4. The van der Waals surface area contributed by atoms with Crippen LogP contribution in [0.2, 0.25) is 0 Å². The van der Waals surface area contributed by atoms with Gasteiger partial charge in [-0.1, -0.05) is 133 Å². The van der Waals surface area contributed by atoms with E-state index in [4.69, 9.17) is 17.7 Å². The molecule has 4 heteroatoms. The van der Waals surface area contributed by atoms with E-state index < -0.39 is 0 Å². The van der Waals surface area contributed by atoms with Crippen LogP contribution in [-0.4, -0.2) is 0 Å². The number of fused-ring (bicyclic) bond motifs is 12. The molecule has 0 aliphatic carbocycles. The molecule has 0 aromatic heterocycles. The molecule has 0 N–H and O–H groups in total. The summed E-state index contributed by atoms with van der Waals surface area (Å²) in [6.07, 6.45) is 0. The van der Waals surface area contributed by atoms with Crippen LogP contribution in [0.1, 0.15) is 0 Å². The van der Waals surface area contributed by atoms with Crippen molar-refractivity contribution in [3.05, 3.63) is 158 Å². The Balaban J connectivity index is 1.17. The number of hydrogen-bond acceptors (Lipinski definition) is 4. The first-order valence-corrected chi connectivity index (χ1v) is 20.5. The minimum absolute atomic E-state index is 0.802. The number of benzene rings is 12. The third-order valence-electron chi connectivity index (χ3n) is 13.7. The predicted octanol–water partition coefficient (Wildman–Crippen LogP) is 16.6. The van der Waals surface area contributed by atoms with Crippen molar-refractivity contribution in [3.8, 4) is 33.4 Å². The van der Waals surface area contributed by atoms with Gasteiger partial charge >= 0.3 is 0 Å². The van der Waals surface area contributed by atoms with Crippen LogP contribution in [0.15, 0.2) is 175 Å². The Morgan fingerprint density at radius 3 is 0.883 bits per heavy atom. The quantitative estimate of drug-likeness (QED) is 0.123. The van der Waals surface area contributed by atoms with Crippen molar-refractivity contribution in [2.24, 2.45) is 0 Å². The molecule has 0 saturated heterocycles. The van der Waals surface area contributed by atoms with Gasteiger partial charge < -0.3 is 17.7 Å². The molecule has 4 heterocycles. The smallest absolute Gasteiger partial charge is 0.144 e. The zero-order valence-corrected chi connectivity index (χ0v) is 31.6. The molecule has 0 saturated carbocycles. The van der Waals surface area contributed by atoms with Crippen LogP contribution in [0.3, 0.4) is 0 Å². The second-order valence-corrected chi connectivity index (χ2v) is 16.5. The van der Waals surface area contributed by atoms with E-state index in [1.165, 1.54) is 0 Å². The van der Waals surface area contributed by atoms with E-state index in [1.54, 1.807) is 0 Å². The van der Waals surface area contributed by atoms with E-state index in [2.05, 4.69) is 158 Å². The topological polar surface area (TPSA) is 52.6 Å². The summed E-state index contributed by atoms with van der Waals surface area (Å²) >= 11 is 0. The van der Waals surface area contributed by atoms with Crippen LogP contribution in [0.4, 0.5) is 0 Å². The minimum atomic E-state index is 0.802. The predicted molar refractivity (Wildman–Crippen MR) is 247 cm³/mol. The van der Waals surface area contributed by atoms with Crippen molar-refractivity contribution in [3.63, 3.8) is 0 Å². The third-order valence-corrected chi connectivity index (χ3v) is 13.7. The summed E-state index contributed by atoms with van der Waals surface area (Å²) in [7, 11) is 0. The lowest BCUT2D eigenvalue weighted by Crippen LogP contribution is -1.99. The lowest BCUT2D eigenvalue weighted by Gasteiger charge is -2.25. The third kappa shape index (κ3) is 3.31. The van der Waals surface area contributed by atoms with Crippen molar-refractivity contribution in [2.75, 3.05) is 0 Å². The first-order chi connectivity index (χ1) is 29.8. The molecule has 4 aliphatic heterocycles. The fourth-order valence-corrected chi connectivity index (χ4v) is 11.4. The number of rotatable bonds is 1. The molecule has 4 aliphatic rings. The molecule has 0 radical (unpaired) electrons. The molecule has 0 spiro atoms. The van der Waals surface area contributed by atoms with E-state index in [1.807, 2.05) is 0 Å². The summed E-state index contributed by atoms with van der Waals surface area (Å²) in [6, 6.07) is 56.2. The molecule has 16 rings (SSSR count). The Bertz CT molecular complexity index is 4180. The molecule has 0 bridgehead atoms. The average molecular weight is 763 g/mol. The van der Waals surface area contributed by atoms with Crippen molar-refractivity contribution < 1.29 is 17.7 Å². The lowest BCUT2D eigenvalue weighted by atomic mass is 9.83. The Hall–Kier alpha value is -8.08. The van der Waals surface area contributed by atoms with Gasteiger partial charge in [-0.15, -0.1) is 0 Å². The molecule has 4 nitrogen and oxygen atoms in total. The maximum atomic E-state index is 7.51. The van der Waals surface area contributed by atoms with Gasteiger partial charge in [-0.05, 0) is 67.4 Å². The van der Waals surface area contributed by atoms with Crippen LogP contribution in [0, 0.1) is 0 Å². The summed E-state index contributed by atoms with van der Waals surface area (Å²) in [6.45, 7) is 0. The largest absolute Gasteiger partial charge is 0.455 e. The first kappa shape index (κ1) is 30.1. The Labute approximate surface area is 338 Å². The van der Waals surface area contributed by atoms with Crippen LogP contribution in [-0.2, 0) is 0 Å². The molecule has 0 amide bonds. The van der Waals surface area contributed by atoms with Gasteiger partial charge in [-0.25, -0.2) is 0 Å². The molecule has 0 unspecified atom stereocenters.